The van der Waals surface area contributed by atoms with Crippen molar-refractivity contribution < 1.29 is 14.0 Å². The van der Waals surface area contributed by atoms with Crippen LogP contribution in [0.3, 0.4) is 0 Å². The Bertz CT molecular complexity index is 1280. The number of benzene rings is 2. The van der Waals surface area contributed by atoms with Gasteiger partial charge in [-0.15, -0.1) is 0 Å². The summed E-state index contributed by atoms with van der Waals surface area (Å²) in [4.78, 5) is 10.9. The Morgan fingerprint density at radius 3 is 2.35 bits per heavy atom. The van der Waals surface area contributed by atoms with Crippen molar-refractivity contribution in [1.82, 2.24) is 10.5 Å². The van der Waals surface area contributed by atoms with E-state index in [-0.39, 0.29) is 17.1 Å². The monoisotopic (exact) mass is 518 g/mol. The van der Waals surface area contributed by atoms with Crippen molar-refractivity contribution in [2.75, 3.05) is 0 Å². The normalized spacial score (nSPS) is 19.1. The van der Waals surface area contributed by atoms with Gasteiger partial charge in [0.2, 0.25) is 0 Å². The number of nitrogens with one attached hydrogen (secondary N) is 1. The first-order chi connectivity index (χ1) is 17.3. The molecule has 2 atom stereocenters. The van der Waals surface area contributed by atoms with Gasteiger partial charge in [0.1, 0.15) is 18.0 Å². The number of para-hydroxylation sites is 1. The van der Waals surface area contributed by atoms with E-state index in [1.54, 1.807) is 0 Å². The Morgan fingerprint density at radius 2 is 1.70 bits per heavy atom. The molecule has 3 aromatic rings. The number of nitrogens with zero attached hydrogens (tertiary/aromatic N) is 1. The Kier molecular flexibility index (Phi) is 7.57. The number of hydrogen-bond donors (Lipinski definition) is 1. The predicted octanol–water partition coefficient (Wildman–Crippen LogP) is 7.80. The summed E-state index contributed by atoms with van der Waals surface area (Å²) in [6.07, 6.45) is 2.14. The third-order valence-electron chi connectivity index (χ3n) is 7.91. The van der Waals surface area contributed by atoms with E-state index in [1.165, 1.54) is 0 Å². The van der Waals surface area contributed by atoms with Crippen LogP contribution in [-0.2, 0) is 21.5 Å². The second-order valence-electron chi connectivity index (χ2n) is 12.0. The van der Waals surface area contributed by atoms with Crippen molar-refractivity contribution >= 4 is 19.2 Å². The fraction of sp³-hybridized carbons (Fsp3) is 0.452. The topological polar surface area (TPSA) is 52.6 Å². The van der Waals surface area contributed by atoms with Crippen LogP contribution in [-0.4, -0.2) is 19.4 Å². The maximum absolute atomic E-state index is 6.63. The summed E-state index contributed by atoms with van der Waals surface area (Å²) in [5, 5.41) is 1.27. The van der Waals surface area contributed by atoms with Gasteiger partial charge in [0.05, 0.1) is 17.3 Å². The molecule has 0 amide bonds. The quantitative estimate of drug-likeness (QED) is 0.308. The standard InChI is InChI=1S/C31H42N2O3Si/c1-21(2)31(19-29(33-36-31)23(4)35-37(8,9)30(5,6)7)25-14-16-26(17-15-25)34-20-24-18-22(3)32-28-13-11-10-12-27(24)28/h10-19,21,23,33H,20H2,1-9H3. The molecule has 1 aliphatic rings. The lowest BCUT2D eigenvalue weighted by atomic mass is 9.82. The molecule has 5 nitrogen and oxygen atoms in total. The summed E-state index contributed by atoms with van der Waals surface area (Å²) in [6.45, 7) is 20.3. The summed E-state index contributed by atoms with van der Waals surface area (Å²) >= 11 is 0. The molecule has 0 bridgehead atoms. The molecule has 0 radical (unpaired) electrons. The van der Waals surface area contributed by atoms with Crippen molar-refractivity contribution in [2.45, 2.75) is 84.9 Å². The zero-order valence-electron chi connectivity index (χ0n) is 23.8. The van der Waals surface area contributed by atoms with Gasteiger partial charge >= 0.3 is 0 Å². The minimum atomic E-state index is -1.91. The highest BCUT2D eigenvalue weighted by molar-refractivity contribution is 6.74. The maximum Gasteiger partial charge on any atom is 0.192 e. The van der Waals surface area contributed by atoms with E-state index in [1.807, 2.05) is 37.3 Å². The second-order valence-corrected chi connectivity index (χ2v) is 16.8. The van der Waals surface area contributed by atoms with Gasteiger partial charge in [-0.2, -0.15) is 0 Å². The van der Waals surface area contributed by atoms with Crippen molar-refractivity contribution in [3.05, 3.63) is 83.2 Å². The summed E-state index contributed by atoms with van der Waals surface area (Å²) in [7, 11) is -1.91. The molecule has 0 saturated heterocycles. The molecule has 0 fully saturated rings. The first-order valence-corrected chi connectivity index (χ1v) is 16.2. The van der Waals surface area contributed by atoms with Crippen molar-refractivity contribution in [1.29, 1.82) is 0 Å². The van der Waals surface area contributed by atoms with Crippen LogP contribution >= 0.6 is 0 Å². The van der Waals surface area contributed by atoms with Crippen LogP contribution in [0.5, 0.6) is 5.75 Å². The van der Waals surface area contributed by atoms with Gasteiger partial charge in [-0.1, -0.05) is 65.0 Å². The molecule has 1 N–H and O–H groups in total. The lowest BCUT2D eigenvalue weighted by Crippen LogP contribution is -2.44. The minimum Gasteiger partial charge on any atom is -0.489 e. The number of pyridine rings is 1. The zero-order chi connectivity index (χ0) is 27.0. The summed E-state index contributed by atoms with van der Waals surface area (Å²) in [6, 6.07) is 18.6. The zero-order valence-corrected chi connectivity index (χ0v) is 24.8. The van der Waals surface area contributed by atoms with E-state index in [4.69, 9.17) is 14.0 Å². The smallest absolute Gasteiger partial charge is 0.192 e. The van der Waals surface area contributed by atoms with Gasteiger partial charge in [0.25, 0.3) is 0 Å². The molecule has 2 heterocycles. The third-order valence-corrected chi connectivity index (χ3v) is 12.5. The molecule has 198 valence electrons. The molecule has 2 unspecified atom stereocenters. The highest BCUT2D eigenvalue weighted by atomic mass is 28.4. The average molecular weight is 519 g/mol. The lowest BCUT2D eigenvalue weighted by molar-refractivity contribution is -0.0762. The van der Waals surface area contributed by atoms with Crippen molar-refractivity contribution in [3.8, 4) is 5.75 Å². The first-order valence-electron chi connectivity index (χ1n) is 13.3. The molecule has 37 heavy (non-hydrogen) atoms. The van der Waals surface area contributed by atoms with Crippen LogP contribution in [0.4, 0.5) is 0 Å². The minimum absolute atomic E-state index is 0.0669. The molecular weight excluding hydrogens is 476 g/mol. The van der Waals surface area contributed by atoms with Crippen LogP contribution in [0, 0.1) is 12.8 Å². The molecule has 0 aliphatic carbocycles. The maximum atomic E-state index is 6.63. The van der Waals surface area contributed by atoms with Crippen molar-refractivity contribution in [2.24, 2.45) is 5.92 Å². The number of aromatic nitrogens is 1. The fourth-order valence-electron chi connectivity index (χ4n) is 4.56. The van der Waals surface area contributed by atoms with Gasteiger partial charge in [-0.3, -0.25) is 15.3 Å². The number of fused-ring (bicyclic) bond motifs is 1. The summed E-state index contributed by atoms with van der Waals surface area (Å²) in [5.74, 6) is 1.04. The Morgan fingerprint density at radius 1 is 1.03 bits per heavy atom. The van der Waals surface area contributed by atoms with E-state index in [9.17, 15) is 0 Å². The number of hydrogen-bond acceptors (Lipinski definition) is 5. The van der Waals surface area contributed by atoms with Crippen molar-refractivity contribution in [3.63, 3.8) is 0 Å². The molecule has 0 saturated carbocycles. The average Bonchev–Trinajstić information content (AvgIpc) is 3.29. The number of aryl methyl sites for hydroxylation is 1. The van der Waals surface area contributed by atoms with Crippen LogP contribution in [0.25, 0.3) is 10.9 Å². The van der Waals surface area contributed by atoms with E-state index >= 15 is 0 Å². The van der Waals surface area contributed by atoms with Crippen LogP contribution < -0.4 is 10.2 Å². The highest BCUT2D eigenvalue weighted by Crippen LogP contribution is 2.42. The highest BCUT2D eigenvalue weighted by Gasteiger charge is 2.44. The van der Waals surface area contributed by atoms with Gasteiger partial charge < -0.3 is 9.16 Å². The molecular formula is C31H42N2O3Si. The lowest BCUT2D eigenvalue weighted by Gasteiger charge is -2.38. The molecule has 1 aromatic heterocycles. The Hall–Kier alpha value is -2.67. The molecule has 1 aliphatic heterocycles. The Balaban J connectivity index is 1.52. The molecule has 4 rings (SSSR count). The molecule has 6 heteroatoms. The summed E-state index contributed by atoms with van der Waals surface area (Å²) in [5.41, 5.74) is 7.83. The van der Waals surface area contributed by atoms with Gasteiger partial charge in [0, 0.05) is 16.6 Å². The second kappa shape index (κ2) is 10.2. The number of rotatable bonds is 8. The molecule has 0 spiro atoms. The van der Waals surface area contributed by atoms with Crippen LogP contribution in [0.2, 0.25) is 18.1 Å². The van der Waals surface area contributed by atoms with E-state index in [0.717, 1.165) is 39.2 Å². The van der Waals surface area contributed by atoms with Crippen LogP contribution in [0.1, 0.15) is 58.4 Å². The van der Waals surface area contributed by atoms with Gasteiger partial charge in [0.15, 0.2) is 8.32 Å². The van der Waals surface area contributed by atoms with E-state index in [0.29, 0.717) is 6.61 Å². The fourth-order valence-corrected chi connectivity index (χ4v) is 5.93. The van der Waals surface area contributed by atoms with Gasteiger partial charge in [-0.05, 0) is 73.8 Å². The number of hydroxylamine groups is 1. The van der Waals surface area contributed by atoms with E-state index < -0.39 is 13.9 Å². The Labute approximate surface area is 223 Å². The third kappa shape index (κ3) is 5.61. The van der Waals surface area contributed by atoms with E-state index in [2.05, 4.69) is 95.4 Å². The number of ether oxygens (including phenoxy) is 1. The first kappa shape index (κ1) is 27.4. The van der Waals surface area contributed by atoms with Gasteiger partial charge in [-0.25, -0.2) is 0 Å². The largest absolute Gasteiger partial charge is 0.489 e. The molecule has 2 aromatic carbocycles. The van der Waals surface area contributed by atoms with Crippen LogP contribution in [0.15, 0.2) is 66.4 Å². The SMILES string of the molecule is Cc1cc(COc2ccc(C3(C(C)C)C=C(C(C)O[Si](C)(C)C(C)(C)C)NO3)cc2)c2ccccc2n1. The summed E-state index contributed by atoms with van der Waals surface area (Å²) < 4.78 is 12.8. The predicted molar refractivity (Wildman–Crippen MR) is 154 cm³/mol.